The van der Waals surface area contributed by atoms with Gasteiger partial charge >= 0.3 is 5.97 Å². The zero-order valence-corrected chi connectivity index (χ0v) is 12.3. The fourth-order valence-corrected chi connectivity index (χ4v) is 3.34. The molecular formula is C14H22N2O2S. The Kier molecular flexibility index (Phi) is 5.36. The van der Waals surface area contributed by atoms with E-state index in [0.29, 0.717) is 6.54 Å². The zero-order chi connectivity index (χ0) is 13.7. The number of thiophene rings is 1. The molecule has 1 aliphatic rings. The van der Waals surface area contributed by atoms with Crippen molar-refractivity contribution in [3.05, 3.63) is 21.9 Å². The molecule has 1 fully saturated rings. The summed E-state index contributed by atoms with van der Waals surface area (Å²) in [4.78, 5) is 18.1. The van der Waals surface area contributed by atoms with Gasteiger partial charge in [-0.05, 0) is 18.6 Å². The number of carboxylic acids is 1. The van der Waals surface area contributed by atoms with E-state index in [1.807, 2.05) is 11.3 Å². The molecule has 1 saturated heterocycles. The summed E-state index contributed by atoms with van der Waals surface area (Å²) in [6.07, 6.45) is 1.37. The van der Waals surface area contributed by atoms with Crippen molar-refractivity contribution in [1.82, 2.24) is 9.80 Å². The number of nitrogens with zero attached hydrogens (tertiary/aromatic N) is 2. The Hall–Kier alpha value is -0.910. The molecule has 106 valence electrons. The monoisotopic (exact) mass is 282 g/mol. The minimum Gasteiger partial charge on any atom is -0.481 e. The van der Waals surface area contributed by atoms with E-state index < -0.39 is 5.97 Å². The van der Waals surface area contributed by atoms with E-state index in [1.165, 1.54) is 9.75 Å². The molecule has 4 nitrogen and oxygen atoms in total. The highest BCUT2D eigenvalue weighted by Crippen LogP contribution is 2.19. The van der Waals surface area contributed by atoms with Gasteiger partial charge in [0, 0.05) is 49.0 Å². The third-order valence-electron chi connectivity index (χ3n) is 3.55. The summed E-state index contributed by atoms with van der Waals surface area (Å²) >= 11 is 1.91. The summed E-state index contributed by atoms with van der Waals surface area (Å²) in [6.45, 7) is 7.97. The third kappa shape index (κ3) is 4.60. The summed E-state index contributed by atoms with van der Waals surface area (Å²) in [5.41, 5.74) is 0. The SMILES string of the molecule is CCc1ccc(CN2CCN(CCC(=O)O)CC2)s1. The Bertz CT molecular complexity index is 411. The van der Waals surface area contributed by atoms with Gasteiger partial charge in [-0.3, -0.25) is 9.69 Å². The highest BCUT2D eigenvalue weighted by Gasteiger charge is 2.17. The first-order valence-corrected chi connectivity index (χ1v) is 7.73. The van der Waals surface area contributed by atoms with Gasteiger partial charge in [-0.15, -0.1) is 11.3 Å². The summed E-state index contributed by atoms with van der Waals surface area (Å²) in [5.74, 6) is -0.701. The lowest BCUT2D eigenvalue weighted by Crippen LogP contribution is -2.46. The maximum Gasteiger partial charge on any atom is 0.304 e. The van der Waals surface area contributed by atoms with Crippen LogP contribution in [0.3, 0.4) is 0 Å². The molecule has 1 N–H and O–H groups in total. The number of piperazine rings is 1. The molecule has 0 saturated carbocycles. The highest BCUT2D eigenvalue weighted by atomic mass is 32.1. The lowest BCUT2D eigenvalue weighted by Gasteiger charge is -2.34. The molecule has 2 heterocycles. The molecule has 1 aromatic heterocycles. The van der Waals surface area contributed by atoms with Crippen molar-refractivity contribution in [2.75, 3.05) is 32.7 Å². The minimum atomic E-state index is -0.701. The van der Waals surface area contributed by atoms with Gasteiger partial charge in [0.1, 0.15) is 0 Å². The topological polar surface area (TPSA) is 43.8 Å². The van der Waals surface area contributed by atoms with E-state index in [2.05, 4.69) is 28.9 Å². The van der Waals surface area contributed by atoms with Crippen molar-refractivity contribution < 1.29 is 9.90 Å². The van der Waals surface area contributed by atoms with Gasteiger partial charge < -0.3 is 10.0 Å². The standard InChI is InChI=1S/C14H22N2O2S/c1-2-12-3-4-13(19-12)11-16-9-7-15(8-10-16)6-5-14(17)18/h3-4H,2,5-11H2,1H3,(H,17,18). The van der Waals surface area contributed by atoms with Crippen molar-refractivity contribution in [1.29, 1.82) is 0 Å². The van der Waals surface area contributed by atoms with Gasteiger partial charge in [-0.1, -0.05) is 6.92 Å². The van der Waals surface area contributed by atoms with Crippen LogP contribution in [0.1, 0.15) is 23.1 Å². The largest absolute Gasteiger partial charge is 0.481 e. The molecule has 2 rings (SSSR count). The Morgan fingerprint density at radius 3 is 2.42 bits per heavy atom. The van der Waals surface area contributed by atoms with Crippen LogP contribution in [0.5, 0.6) is 0 Å². The van der Waals surface area contributed by atoms with Gasteiger partial charge in [0.05, 0.1) is 6.42 Å². The smallest absolute Gasteiger partial charge is 0.304 e. The van der Waals surface area contributed by atoms with E-state index in [4.69, 9.17) is 5.11 Å². The second-order valence-corrected chi connectivity index (χ2v) is 6.24. The van der Waals surface area contributed by atoms with Gasteiger partial charge in [0.15, 0.2) is 0 Å². The van der Waals surface area contributed by atoms with Gasteiger partial charge in [-0.25, -0.2) is 0 Å². The van der Waals surface area contributed by atoms with Crippen LogP contribution in [0.15, 0.2) is 12.1 Å². The fourth-order valence-electron chi connectivity index (χ4n) is 2.34. The van der Waals surface area contributed by atoms with Crippen molar-refractivity contribution >= 4 is 17.3 Å². The molecule has 0 aliphatic carbocycles. The van der Waals surface area contributed by atoms with Crippen molar-refractivity contribution in [2.45, 2.75) is 26.3 Å². The van der Waals surface area contributed by atoms with E-state index in [-0.39, 0.29) is 6.42 Å². The van der Waals surface area contributed by atoms with E-state index >= 15 is 0 Å². The molecule has 1 aromatic rings. The van der Waals surface area contributed by atoms with Crippen molar-refractivity contribution in [3.63, 3.8) is 0 Å². The normalized spacial score (nSPS) is 17.7. The van der Waals surface area contributed by atoms with Gasteiger partial charge in [-0.2, -0.15) is 0 Å². The molecule has 0 radical (unpaired) electrons. The Morgan fingerprint density at radius 2 is 1.84 bits per heavy atom. The zero-order valence-electron chi connectivity index (χ0n) is 11.5. The minimum absolute atomic E-state index is 0.255. The van der Waals surface area contributed by atoms with Crippen LogP contribution in [0.25, 0.3) is 0 Å². The molecule has 1 aliphatic heterocycles. The number of carbonyl (C=O) groups is 1. The lowest BCUT2D eigenvalue weighted by atomic mass is 10.2. The predicted molar refractivity (Wildman–Crippen MR) is 77.7 cm³/mol. The van der Waals surface area contributed by atoms with E-state index in [0.717, 1.165) is 39.1 Å². The fraction of sp³-hybridized carbons (Fsp3) is 0.643. The number of hydrogen-bond acceptors (Lipinski definition) is 4. The second-order valence-electron chi connectivity index (χ2n) is 4.98. The highest BCUT2D eigenvalue weighted by molar-refractivity contribution is 7.11. The van der Waals surface area contributed by atoms with Crippen LogP contribution in [-0.4, -0.2) is 53.6 Å². The van der Waals surface area contributed by atoms with Gasteiger partial charge in [0.25, 0.3) is 0 Å². The van der Waals surface area contributed by atoms with Crippen LogP contribution in [-0.2, 0) is 17.8 Å². The molecule has 0 amide bonds. The summed E-state index contributed by atoms with van der Waals surface area (Å²) in [7, 11) is 0. The third-order valence-corrected chi connectivity index (χ3v) is 4.77. The molecule has 19 heavy (non-hydrogen) atoms. The first-order chi connectivity index (χ1) is 9.17. The second kappa shape index (κ2) is 7.03. The summed E-state index contributed by atoms with van der Waals surface area (Å²) in [5, 5.41) is 8.68. The maximum absolute atomic E-state index is 10.5. The average Bonchev–Trinajstić information content (AvgIpc) is 2.85. The molecule has 0 spiro atoms. The first-order valence-electron chi connectivity index (χ1n) is 6.91. The van der Waals surface area contributed by atoms with Crippen LogP contribution >= 0.6 is 11.3 Å². The Labute approximate surface area is 118 Å². The molecule has 0 bridgehead atoms. The van der Waals surface area contributed by atoms with Gasteiger partial charge in [0.2, 0.25) is 0 Å². The predicted octanol–water partition coefficient (Wildman–Crippen LogP) is 1.90. The number of hydrogen-bond donors (Lipinski definition) is 1. The van der Waals surface area contributed by atoms with Crippen LogP contribution in [0.2, 0.25) is 0 Å². The maximum atomic E-state index is 10.5. The number of rotatable bonds is 6. The van der Waals surface area contributed by atoms with Crippen LogP contribution in [0.4, 0.5) is 0 Å². The first kappa shape index (κ1) is 14.5. The molecule has 0 atom stereocenters. The summed E-state index contributed by atoms with van der Waals surface area (Å²) in [6, 6.07) is 4.46. The quantitative estimate of drug-likeness (QED) is 0.865. The number of aliphatic carboxylic acids is 1. The Balaban J connectivity index is 1.72. The molecule has 0 aromatic carbocycles. The van der Waals surface area contributed by atoms with Crippen LogP contribution in [0, 0.1) is 0 Å². The summed E-state index contributed by atoms with van der Waals surface area (Å²) < 4.78 is 0. The molecule has 0 unspecified atom stereocenters. The Morgan fingerprint density at radius 1 is 1.21 bits per heavy atom. The molecular weight excluding hydrogens is 260 g/mol. The van der Waals surface area contributed by atoms with E-state index in [1.54, 1.807) is 0 Å². The van der Waals surface area contributed by atoms with Crippen molar-refractivity contribution in [2.24, 2.45) is 0 Å². The van der Waals surface area contributed by atoms with E-state index in [9.17, 15) is 4.79 Å². The lowest BCUT2D eigenvalue weighted by molar-refractivity contribution is -0.137. The van der Waals surface area contributed by atoms with Crippen LogP contribution < -0.4 is 0 Å². The van der Waals surface area contributed by atoms with Crippen molar-refractivity contribution in [3.8, 4) is 0 Å². The number of aryl methyl sites for hydroxylation is 1. The molecule has 5 heteroatoms. The average molecular weight is 282 g/mol. The number of carboxylic acid groups (broad SMARTS) is 1.